The first-order valence-electron chi connectivity index (χ1n) is 6.81. The number of aromatic nitrogens is 1. The van der Waals surface area contributed by atoms with Gasteiger partial charge in [0.2, 0.25) is 0 Å². The Morgan fingerprint density at radius 3 is 2.84 bits per heavy atom. The molecule has 19 heavy (non-hydrogen) atoms. The van der Waals surface area contributed by atoms with Crippen molar-refractivity contribution in [3.63, 3.8) is 0 Å². The second-order valence-electron chi connectivity index (χ2n) is 5.30. The molecule has 2 rings (SSSR count). The third-order valence-electron chi connectivity index (χ3n) is 3.80. The van der Waals surface area contributed by atoms with Gasteiger partial charge in [0.1, 0.15) is 5.69 Å². The molecule has 1 aliphatic carbocycles. The number of anilines is 1. The first kappa shape index (κ1) is 13.6. The highest BCUT2D eigenvalue weighted by Crippen LogP contribution is 2.23. The lowest BCUT2D eigenvalue weighted by molar-refractivity contribution is 0.232. The van der Waals surface area contributed by atoms with Crippen molar-refractivity contribution >= 4 is 11.7 Å². The van der Waals surface area contributed by atoms with E-state index in [0.29, 0.717) is 11.6 Å². The number of nitrogens with one attached hydrogen (secondary N) is 2. The van der Waals surface area contributed by atoms with Gasteiger partial charge in [-0.1, -0.05) is 19.8 Å². The van der Waals surface area contributed by atoms with Crippen LogP contribution in [0.1, 0.15) is 32.6 Å². The number of hydrogen-bond acceptors (Lipinski definition) is 2. The highest BCUT2D eigenvalue weighted by molar-refractivity contribution is 5.89. The van der Waals surface area contributed by atoms with E-state index in [1.165, 1.54) is 11.0 Å². The number of carbonyl (C=O) groups is 1. The van der Waals surface area contributed by atoms with Crippen LogP contribution in [0.4, 0.5) is 10.5 Å². The van der Waals surface area contributed by atoms with Crippen LogP contribution in [0, 0.1) is 5.92 Å². The predicted molar refractivity (Wildman–Crippen MR) is 75.3 cm³/mol. The van der Waals surface area contributed by atoms with Crippen LogP contribution in [-0.4, -0.2) is 16.6 Å². The molecule has 2 N–H and O–H groups in total. The largest absolute Gasteiger partial charge is 0.335 e. The minimum atomic E-state index is -0.290. The number of hydrogen-bond donors (Lipinski definition) is 2. The molecule has 1 aromatic heterocycles. The van der Waals surface area contributed by atoms with Crippen LogP contribution in [0.2, 0.25) is 0 Å². The average Bonchev–Trinajstić information content (AvgIpc) is 2.38. The zero-order valence-electron chi connectivity index (χ0n) is 11.5. The molecule has 5 nitrogen and oxygen atoms in total. The summed E-state index contributed by atoms with van der Waals surface area (Å²) in [6.07, 6.45) is 6.22. The average molecular weight is 263 g/mol. The Hall–Kier alpha value is -1.78. The van der Waals surface area contributed by atoms with Crippen molar-refractivity contribution in [1.82, 2.24) is 9.88 Å². The number of pyridine rings is 1. The van der Waals surface area contributed by atoms with E-state index in [-0.39, 0.29) is 17.6 Å². The van der Waals surface area contributed by atoms with Crippen LogP contribution in [0.25, 0.3) is 0 Å². The molecule has 0 spiro atoms. The van der Waals surface area contributed by atoms with Crippen molar-refractivity contribution in [2.75, 3.05) is 5.32 Å². The Balaban J connectivity index is 1.97. The summed E-state index contributed by atoms with van der Waals surface area (Å²) in [5.41, 5.74) is 0.111. The number of aryl methyl sites for hydroxylation is 1. The minimum absolute atomic E-state index is 0.200. The van der Waals surface area contributed by atoms with Gasteiger partial charge in [0, 0.05) is 19.3 Å². The summed E-state index contributed by atoms with van der Waals surface area (Å²) in [7, 11) is 1.66. The molecule has 2 amide bonds. The third-order valence-corrected chi connectivity index (χ3v) is 3.80. The van der Waals surface area contributed by atoms with Gasteiger partial charge in [-0.25, -0.2) is 4.79 Å². The number of urea groups is 1. The van der Waals surface area contributed by atoms with Gasteiger partial charge in [0.05, 0.1) is 0 Å². The fourth-order valence-electron chi connectivity index (χ4n) is 2.55. The predicted octanol–water partition coefficient (Wildman–Crippen LogP) is 2.09. The number of rotatable bonds is 2. The smallest absolute Gasteiger partial charge is 0.319 e. The fraction of sp³-hybridized carbons (Fsp3) is 0.571. The maximum Gasteiger partial charge on any atom is 0.319 e. The molecule has 1 aromatic rings. The molecule has 2 atom stereocenters. The molecule has 0 radical (unpaired) electrons. The molecule has 2 unspecified atom stereocenters. The van der Waals surface area contributed by atoms with Crippen molar-refractivity contribution in [2.45, 2.75) is 38.6 Å². The van der Waals surface area contributed by atoms with Gasteiger partial charge in [-0.05, 0) is 30.9 Å². The van der Waals surface area contributed by atoms with Gasteiger partial charge in [0.25, 0.3) is 5.56 Å². The van der Waals surface area contributed by atoms with Crippen LogP contribution in [0.3, 0.4) is 0 Å². The molecule has 1 heterocycles. The zero-order chi connectivity index (χ0) is 13.8. The highest BCUT2D eigenvalue weighted by atomic mass is 16.2. The van der Waals surface area contributed by atoms with Crippen molar-refractivity contribution in [3.05, 3.63) is 28.7 Å². The van der Waals surface area contributed by atoms with Crippen molar-refractivity contribution in [3.8, 4) is 0 Å². The van der Waals surface area contributed by atoms with E-state index in [2.05, 4.69) is 17.6 Å². The van der Waals surface area contributed by atoms with Gasteiger partial charge in [-0.2, -0.15) is 0 Å². The quantitative estimate of drug-likeness (QED) is 0.858. The summed E-state index contributed by atoms with van der Waals surface area (Å²) in [6, 6.07) is 3.27. The monoisotopic (exact) mass is 263 g/mol. The van der Waals surface area contributed by atoms with Crippen LogP contribution in [-0.2, 0) is 7.05 Å². The summed E-state index contributed by atoms with van der Waals surface area (Å²) < 4.78 is 1.44. The van der Waals surface area contributed by atoms with Gasteiger partial charge in [0.15, 0.2) is 0 Å². The summed E-state index contributed by atoms with van der Waals surface area (Å²) in [4.78, 5) is 23.7. The second-order valence-corrected chi connectivity index (χ2v) is 5.30. The second kappa shape index (κ2) is 5.91. The van der Waals surface area contributed by atoms with Gasteiger partial charge in [-0.3, -0.25) is 4.79 Å². The lowest BCUT2D eigenvalue weighted by Gasteiger charge is -2.29. The summed E-state index contributed by atoms with van der Waals surface area (Å²) in [5.74, 6) is 0.498. The van der Waals surface area contributed by atoms with Crippen LogP contribution in [0.5, 0.6) is 0 Å². The number of carbonyl (C=O) groups excluding carboxylic acids is 1. The first-order chi connectivity index (χ1) is 9.08. The van der Waals surface area contributed by atoms with Crippen LogP contribution < -0.4 is 16.2 Å². The molecule has 5 heteroatoms. The van der Waals surface area contributed by atoms with E-state index >= 15 is 0 Å². The molecule has 104 valence electrons. The highest BCUT2D eigenvalue weighted by Gasteiger charge is 2.22. The first-order valence-corrected chi connectivity index (χ1v) is 6.81. The zero-order valence-corrected chi connectivity index (χ0v) is 11.5. The maximum absolute atomic E-state index is 11.9. The molecule has 0 bridgehead atoms. The summed E-state index contributed by atoms with van der Waals surface area (Å²) in [6.45, 7) is 2.16. The van der Waals surface area contributed by atoms with Crippen molar-refractivity contribution in [1.29, 1.82) is 0 Å². The standard InChI is InChI=1S/C14H21N3O2/c1-10-6-3-4-7-11(10)15-14(19)16-12-8-5-9-17(2)13(12)18/h5,8-11H,3-4,6-7H2,1-2H3,(H2,15,16,19). The minimum Gasteiger partial charge on any atom is -0.335 e. The number of amides is 2. The lowest BCUT2D eigenvalue weighted by atomic mass is 9.86. The van der Waals surface area contributed by atoms with Crippen LogP contribution >= 0.6 is 0 Å². The van der Waals surface area contributed by atoms with Crippen LogP contribution in [0.15, 0.2) is 23.1 Å². The van der Waals surface area contributed by atoms with Crippen molar-refractivity contribution in [2.24, 2.45) is 13.0 Å². The number of nitrogens with zero attached hydrogens (tertiary/aromatic N) is 1. The third kappa shape index (κ3) is 3.36. The Labute approximate surface area is 113 Å². The van der Waals surface area contributed by atoms with E-state index in [1.54, 1.807) is 25.4 Å². The molecule has 0 aliphatic heterocycles. The Bertz CT molecular complexity index is 510. The summed E-state index contributed by atoms with van der Waals surface area (Å²) in [5, 5.41) is 5.60. The fourth-order valence-corrected chi connectivity index (χ4v) is 2.55. The SMILES string of the molecule is CC1CCCCC1NC(=O)Nc1cccn(C)c1=O. The van der Waals surface area contributed by atoms with Gasteiger partial charge < -0.3 is 15.2 Å². The molecular formula is C14H21N3O2. The Kier molecular flexibility index (Phi) is 4.24. The maximum atomic E-state index is 11.9. The molecule has 1 aliphatic rings. The summed E-state index contributed by atoms with van der Waals surface area (Å²) >= 11 is 0. The normalized spacial score (nSPS) is 22.8. The van der Waals surface area contributed by atoms with E-state index in [9.17, 15) is 9.59 Å². The van der Waals surface area contributed by atoms with E-state index < -0.39 is 0 Å². The Morgan fingerprint density at radius 1 is 1.37 bits per heavy atom. The topological polar surface area (TPSA) is 63.1 Å². The van der Waals surface area contributed by atoms with Gasteiger partial charge in [-0.15, -0.1) is 0 Å². The van der Waals surface area contributed by atoms with Crippen molar-refractivity contribution < 1.29 is 4.79 Å². The van der Waals surface area contributed by atoms with E-state index in [1.807, 2.05) is 0 Å². The Morgan fingerprint density at radius 2 is 2.11 bits per heavy atom. The van der Waals surface area contributed by atoms with E-state index in [4.69, 9.17) is 0 Å². The molecular weight excluding hydrogens is 242 g/mol. The molecule has 1 fully saturated rings. The van der Waals surface area contributed by atoms with Gasteiger partial charge >= 0.3 is 6.03 Å². The molecule has 1 saturated carbocycles. The van der Waals surface area contributed by atoms with E-state index in [0.717, 1.165) is 19.3 Å². The lowest BCUT2D eigenvalue weighted by Crippen LogP contribution is -2.43. The molecule has 0 aromatic carbocycles. The molecule has 0 saturated heterocycles.